The van der Waals surface area contributed by atoms with Gasteiger partial charge in [-0.2, -0.15) is 0 Å². The third kappa shape index (κ3) is 4.08. The number of benzene rings is 1. The Morgan fingerprint density at radius 2 is 2.04 bits per heavy atom. The van der Waals surface area contributed by atoms with Crippen LogP contribution in [0.4, 0.5) is 0 Å². The summed E-state index contributed by atoms with van der Waals surface area (Å²) in [6.07, 6.45) is 7.09. The van der Waals surface area contributed by atoms with Gasteiger partial charge in [0.2, 0.25) is 0 Å². The average molecular weight is 316 g/mol. The maximum Gasteiger partial charge on any atom is 0.113 e. The average Bonchev–Trinajstić information content (AvgIpc) is 3.14. The van der Waals surface area contributed by atoms with Crippen molar-refractivity contribution in [2.24, 2.45) is 5.16 Å². The van der Waals surface area contributed by atoms with Crippen molar-refractivity contribution in [3.63, 3.8) is 0 Å². The highest BCUT2D eigenvalue weighted by Crippen LogP contribution is 2.05. The highest BCUT2D eigenvalue weighted by molar-refractivity contribution is 5.99. The first-order valence-corrected chi connectivity index (χ1v) is 7.44. The molecule has 0 fully saturated rings. The van der Waals surface area contributed by atoms with E-state index in [0.717, 1.165) is 16.8 Å². The molecular formula is C19H16N4O. The highest BCUT2D eigenvalue weighted by atomic mass is 16.6. The lowest BCUT2D eigenvalue weighted by molar-refractivity contribution is 0.212. The molecule has 3 rings (SSSR count). The molecule has 0 bridgehead atoms. The van der Waals surface area contributed by atoms with Crippen molar-refractivity contribution >= 4 is 5.71 Å². The molecule has 0 aliphatic heterocycles. The first-order chi connectivity index (χ1) is 11.8. The molecule has 2 aromatic heterocycles. The van der Waals surface area contributed by atoms with Crippen molar-refractivity contribution in [3.05, 3.63) is 84.2 Å². The van der Waals surface area contributed by atoms with Crippen LogP contribution in [0.1, 0.15) is 16.8 Å². The fourth-order valence-corrected chi connectivity index (χ4v) is 2.13. The van der Waals surface area contributed by atoms with Gasteiger partial charge in [0, 0.05) is 29.7 Å². The second-order valence-corrected chi connectivity index (χ2v) is 5.00. The second-order valence-electron chi connectivity index (χ2n) is 5.00. The lowest BCUT2D eigenvalue weighted by Crippen LogP contribution is -2.11. The van der Waals surface area contributed by atoms with Crippen LogP contribution in [0.15, 0.2) is 72.5 Å². The van der Waals surface area contributed by atoms with Crippen LogP contribution in [0.2, 0.25) is 0 Å². The fourth-order valence-electron chi connectivity index (χ4n) is 2.13. The number of imidazole rings is 1. The van der Waals surface area contributed by atoms with E-state index in [4.69, 9.17) is 4.84 Å². The molecule has 1 aromatic carbocycles. The summed E-state index contributed by atoms with van der Waals surface area (Å²) in [6.45, 7) is 0.560. The third-order valence-electron chi connectivity index (χ3n) is 3.30. The van der Waals surface area contributed by atoms with Crippen molar-refractivity contribution in [3.8, 4) is 11.8 Å². The summed E-state index contributed by atoms with van der Waals surface area (Å²) in [5, 5.41) is 4.08. The van der Waals surface area contributed by atoms with E-state index in [1.54, 1.807) is 18.7 Å². The zero-order valence-corrected chi connectivity index (χ0v) is 13.3. The van der Waals surface area contributed by atoms with E-state index < -0.39 is 0 Å². The van der Waals surface area contributed by atoms with Crippen LogP contribution in [0, 0.1) is 11.8 Å². The molecule has 0 atom stereocenters. The number of aromatic nitrogens is 3. The highest BCUT2D eigenvalue weighted by Gasteiger charge is 2.06. The number of hydrogen-bond acceptors (Lipinski definition) is 4. The smallest absolute Gasteiger partial charge is 0.113 e. The van der Waals surface area contributed by atoms with Crippen molar-refractivity contribution < 1.29 is 4.84 Å². The molecular weight excluding hydrogens is 300 g/mol. The Bertz CT molecular complexity index is 857. The maximum absolute atomic E-state index is 4.94. The van der Waals surface area contributed by atoms with Gasteiger partial charge in [-0.25, -0.2) is 9.97 Å². The molecule has 3 aromatic rings. The van der Waals surface area contributed by atoms with Gasteiger partial charge in [0.25, 0.3) is 0 Å². The van der Waals surface area contributed by atoms with Gasteiger partial charge in [-0.3, -0.25) is 0 Å². The van der Waals surface area contributed by atoms with E-state index in [1.165, 1.54) is 7.11 Å². The predicted octanol–water partition coefficient (Wildman–Crippen LogP) is 2.73. The zero-order valence-electron chi connectivity index (χ0n) is 13.3. The number of nitrogens with zero attached hydrogens (tertiary/aromatic N) is 4. The Balaban J connectivity index is 1.77. The van der Waals surface area contributed by atoms with Crippen molar-refractivity contribution in [1.29, 1.82) is 0 Å². The van der Waals surface area contributed by atoms with Gasteiger partial charge in [-0.15, -0.1) is 0 Å². The predicted molar refractivity (Wildman–Crippen MR) is 92.4 cm³/mol. The minimum atomic E-state index is 0.560. The molecule has 0 spiro atoms. The van der Waals surface area contributed by atoms with Gasteiger partial charge < -0.3 is 9.40 Å². The van der Waals surface area contributed by atoms with Crippen molar-refractivity contribution in [2.45, 2.75) is 6.54 Å². The molecule has 0 aliphatic carbocycles. The Morgan fingerprint density at radius 3 is 2.71 bits per heavy atom. The van der Waals surface area contributed by atoms with Gasteiger partial charge >= 0.3 is 0 Å². The lowest BCUT2D eigenvalue weighted by atomic mass is 10.1. The Kier molecular flexibility index (Phi) is 5.00. The van der Waals surface area contributed by atoms with Crippen LogP contribution < -0.4 is 0 Å². The van der Waals surface area contributed by atoms with E-state index in [-0.39, 0.29) is 0 Å². The van der Waals surface area contributed by atoms with Crippen LogP contribution in [-0.2, 0) is 11.4 Å². The van der Waals surface area contributed by atoms with Gasteiger partial charge in [-0.05, 0) is 30.2 Å². The van der Waals surface area contributed by atoms with E-state index in [9.17, 15) is 0 Å². The minimum absolute atomic E-state index is 0.560. The first-order valence-electron chi connectivity index (χ1n) is 7.44. The number of rotatable bonds is 4. The van der Waals surface area contributed by atoms with E-state index in [1.807, 2.05) is 53.2 Å². The molecule has 0 saturated carbocycles. The molecule has 2 heterocycles. The Morgan fingerprint density at radius 1 is 1.17 bits per heavy atom. The van der Waals surface area contributed by atoms with Crippen LogP contribution in [0.25, 0.3) is 0 Å². The van der Waals surface area contributed by atoms with Crippen LogP contribution in [0.5, 0.6) is 0 Å². The fraction of sp³-hybridized carbons (Fsp3) is 0.105. The van der Waals surface area contributed by atoms with Gasteiger partial charge in [0.1, 0.15) is 18.5 Å². The molecule has 0 N–H and O–H groups in total. The molecule has 0 radical (unpaired) electrons. The lowest BCUT2D eigenvalue weighted by Gasteiger charge is -2.06. The molecule has 0 unspecified atom stereocenters. The Labute approximate surface area is 140 Å². The topological polar surface area (TPSA) is 52.3 Å². The standard InChI is InChI=1S/C19H16N4O/c1-24-22-19(14-23-12-11-20-15-23)17-8-10-18(21-13-17)9-7-16-5-3-2-4-6-16/h2-6,8,10-13,15H,14H2,1H3/b22-19+. The number of hydrogen-bond donors (Lipinski definition) is 0. The van der Waals surface area contributed by atoms with Crippen LogP contribution >= 0.6 is 0 Å². The molecule has 0 aliphatic rings. The molecule has 0 amide bonds. The quantitative estimate of drug-likeness (QED) is 0.422. The first kappa shape index (κ1) is 15.5. The summed E-state index contributed by atoms with van der Waals surface area (Å²) < 4.78 is 1.92. The van der Waals surface area contributed by atoms with Gasteiger partial charge in [0.05, 0.1) is 12.9 Å². The summed E-state index contributed by atoms with van der Waals surface area (Å²) in [4.78, 5) is 13.4. The summed E-state index contributed by atoms with van der Waals surface area (Å²) in [5.74, 6) is 6.15. The largest absolute Gasteiger partial charge is 0.399 e. The number of oxime groups is 1. The van der Waals surface area contributed by atoms with E-state index in [0.29, 0.717) is 12.2 Å². The summed E-state index contributed by atoms with van der Waals surface area (Å²) in [7, 11) is 1.53. The zero-order chi connectivity index (χ0) is 16.6. The monoisotopic (exact) mass is 316 g/mol. The summed E-state index contributed by atoms with van der Waals surface area (Å²) >= 11 is 0. The third-order valence-corrected chi connectivity index (χ3v) is 3.30. The molecule has 5 nitrogen and oxygen atoms in total. The van der Waals surface area contributed by atoms with Crippen LogP contribution in [0.3, 0.4) is 0 Å². The Hall–Kier alpha value is -3.39. The van der Waals surface area contributed by atoms with E-state index in [2.05, 4.69) is 27.0 Å². The number of pyridine rings is 1. The minimum Gasteiger partial charge on any atom is -0.399 e. The molecule has 118 valence electrons. The van der Waals surface area contributed by atoms with Crippen molar-refractivity contribution in [2.75, 3.05) is 7.11 Å². The summed E-state index contributed by atoms with van der Waals surface area (Å²) in [6, 6.07) is 13.6. The normalized spacial score (nSPS) is 10.8. The van der Waals surface area contributed by atoms with Gasteiger partial charge in [0.15, 0.2) is 0 Å². The molecule has 0 saturated heterocycles. The maximum atomic E-state index is 4.94. The molecule has 5 heteroatoms. The van der Waals surface area contributed by atoms with Crippen molar-refractivity contribution in [1.82, 2.24) is 14.5 Å². The molecule has 24 heavy (non-hydrogen) atoms. The summed E-state index contributed by atoms with van der Waals surface area (Å²) in [5.41, 5.74) is 3.33. The van der Waals surface area contributed by atoms with E-state index >= 15 is 0 Å². The second kappa shape index (κ2) is 7.75. The van der Waals surface area contributed by atoms with Gasteiger partial charge in [-0.1, -0.05) is 29.3 Å². The SMILES string of the molecule is CO/N=C(\Cn1ccnc1)c1ccc(C#Cc2ccccc2)nc1. The van der Waals surface area contributed by atoms with Crippen LogP contribution in [-0.4, -0.2) is 27.4 Å².